The van der Waals surface area contributed by atoms with Crippen molar-refractivity contribution in [2.45, 2.75) is 32.9 Å². The van der Waals surface area contributed by atoms with Gasteiger partial charge in [-0.25, -0.2) is 4.98 Å². The summed E-state index contributed by atoms with van der Waals surface area (Å²) < 4.78 is 13.5. The van der Waals surface area contributed by atoms with Crippen molar-refractivity contribution in [3.05, 3.63) is 74.4 Å². The first-order valence-electron chi connectivity index (χ1n) is 10.9. The van der Waals surface area contributed by atoms with Gasteiger partial charge in [-0.3, -0.25) is 9.48 Å². The number of anilines is 1. The third kappa shape index (κ3) is 3.83. The second-order valence-corrected chi connectivity index (χ2v) is 8.91. The predicted molar refractivity (Wildman–Crippen MR) is 129 cm³/mol. The Morgan fingerprint density at radius 3 is 2.79 bits per heavy atom. The van der Waals surface area contributed by atoms with Crippen molar-refractivity contribution in [1.29, 1.82) is 5.26 Å². The van der Waals surface area contributed by atoms with Crippen LogP contribution >= 0.6 is 11.6 Å². The molecular weight excluding hydrogens is 454 g/mol. The lowest BCUT2D eigenvalue weighted by Gasteiger charge is -2.25. The Hall–Kier alpha value is -3.67. The van der Waals surface area contributed by atoms with Gasteiger partial charge in [-0.2, -0.15) is 10.4 Å². The summed E-state index contributed by atoms with van der Waals surface area (Å²) in [6.45, 7) is 6.90. The van der Waals surface area contributed by atoms with Gasteiger partial charge < -0.3 is 14.5 Å². The molecule has 9 heteroatoms. The molecule has 1 aliphatic rings. The minimum absolute atomic E-state index is 0.0843. The van der Waals surface area contributed by atoms with E-state index in [2.05, 4.69) is 21.5 Å². The van der Waals surface area contributed by atoms with Gasteiger partial charge in [-0.1, -0.05) is 17.7 Å². The molecule has 1 saturated heterocycles. The molecule has 0 amide bonds. The van der Waals surface area contributed by atoms with Gasteiger partial charge in [-0.05, 0) is 44.5 Å². The molecule has 8 nitrogen and oxygen atoms in total. The molecule has 0 unspecified atom stereocenters. The number of benzene rings is 1. The van der Waals surface area contributed by atoms with Crippen LogP contribution in [-0.4, -0.2) is 28.0 Å². The Morgan fingerprint density at radius 2 is 2.09 bits per heavy atom. The number of nitrogens with zero attached hydrogens (tertiary/aromatic N) is 4. The number of aryl methyl sites for hydroxylation is 1. The Balaban J connectivity index is 1.61. The number of aromatic nitrogens is 3. The number of ether oxygens (including phenoxy) is 1. The number of hydrogen-bond acceptors (Lipinski definition) is 7. The quantitative estimate of drug-likeness (QED) is 0.407. The molecule has 4 aromatic rings. The van der Waals surface area contributed by atoms with Crippen molar-refractivity contribution in [3.8, 4) is 17.4 Å². The Morgan fingerprint density at radius 1 is 1.29 bits per heavy atom. The summed E-state index contributed by atoms with van der Waals surface area (Å²) in [5.74, 6) is 0.493. The molecule has 1 fully saturated rings. The zero-order valence-corrected chi connectivity index (χ0v) is 19.7. The predicted octanol–water partition coefficient (Wildman–Crippen LogP) is 4.94. The van der Waals surface area contributed by atoms with Crippen LogP contribution in [0.25, 0.3) is 22.3 Å². The molecule has 34 heavy (non-hydrogen) atoms. The van der Waals surface area contributed by atoms with Crippen LogP contribution in [0.1, 0.15) is 41.4 Å². The van der Waals surface area contributed by atoms with Crippen LogP contribution in [0, 0.1) is 25.2 Å². The normalized spacial score (nSPS) is 14.6. The second kappa shape index (κ2) is 8.60. The van der Waals surface area contributed by atoms with Gasteiger partial charge in [0.2, 0.25) is 0 Å². The monoisotopic (exact) mass is 475 g/mol. The first kappa shape index (κ1) is 22.1. The molecule has 1 atom stereocenters. The van der Waals surface area contributed by atoms with E-state index < -0.39 is 0 Å². The van der Waals surface area contributed by atoms with E-state index in [1.165, 1.54) is 0 Å². The topological polar surface area (TPSA) is 106 Å². The number of nitriles is 1. The molecule has 1 aliphatic heterocycles. The number of pyridine rings is 1. The number of hydrogen-bond donors (Lipinski definition) is 1. The maximum atomic E-state index is 13.4. The summed E-state index contributed by atoms with van der Waals surface area (Å²) in [6, 6.07) is 9.13. The van der Waals surface area contributed by atoms with Crippen molar-refractivity contribution in [2.24, 2.45) is 0 Å². The summed E-state index contributed by atoms with van der Waals surface area (Å²) in [4.78, 5) is 17.4. The third-order valence-electron chi connectivity index (χ3n) is 6.06. The van der Waals surface area contributed by atoms with Crippen molar-refractivity contribution in [3.63, 3.8) is 0 Å². The Bertz CT molecular complexity index is 1510. The maximum Gasteiger partial charge on any atom is 0.196 e. The van der Waals surface area contributed by atoms with E-state index in [1.807, 2.05) is 36.9 Å². The lowest BCUT2D eigenvalue weighted by molar-refractivity contribution is -0.0286. The van der Waals surface area contributed by atoms with E-state index in [0.29, 0.717) is 41.2 Å². The lowest BCUT2D eigenvalue weighted by atomic mass is 9.99. The van der Waals surface area contributed by atoms with E-state index in [0.717, 1.165) is 16.7 Å². The van der Waals surface area contributed by atoms with Gasteiger partial charge >= 0.3 is 0 Å². The molecule has 0 spiro atoms. The van der Waals surface area contributed by atoms with Crippen molar-refractivity contribution < 1.29 is 9.15 Å². The summed E-state index contributed by atoms with van der Waals surface area (Å²) in [6.07, 6.45) is 3.60. The largest absolute Gasteiger partial charge is 0.455 e. The smallest absolute Gasteiger partial charge is 0.196 e. The van der Waals surface area contributed by atoms with E-state index >= 15 is 0 Å². The summed E-state index contributed by atoms with van der Waals surface area (Å²) in [5, 5.41) is 18.0. The van der Waals surface area contributed by atoms with Crippen LogP contribution in [0.2, 0.25) is 5.15 Å². The van der Waals surface area contributed by atoms with Crippen LogP contribution < -0.4 is 10.7 Å². The fourth-order valence-corrected chi connectivity index (χ4v) is 4.29. The first-order valence-corrected chi connectivity index (χ1v) is 11.3. The minimum Gasteiger partial charge on any atom is -0.455 e. The van der Waals surface area contributed by atoms with Crippen LogP contribution in [-0.2, 0) is 4.74 Å². The highest BCUT2D eigenvalue weighted by atomic mass is 35.5. The van der Waals surface area contributed by atoms with Gasteiger partial charge in [0.15, 0.2) is 11.1 Å². The van der Waals surface area contributed by atoms with Crippen LogP contribution in [0.5, 0.6) is 0 Å². The number of fused-ring (bicyclic) bond motifs is 1. The zero-order valence-electron chi connectivity index (χ0n) is 18.9. The zero-order chi connectivity index (χ0) is 24.0. The van der Waals surface area contributed by atoms with Crippen molar-refractivity contribution in [2.75, 3.05) is 18.5 Å². The average molecular weight is 476 g/mol. The fourth-order valence-electron chi connectivity index (χ4n) is 4.14. The molecule has 0 saturated carbocycles. The minimum atomic E-state index is -0.286. The number of rotatable bonds is 5. The fraction of sp³-hybridized carbons (Fsp3) is 0.280. The van der Waals surface area contributed by atoms with E-state index in [4.69, 9.17) is 20.8 Å². The Labute approximate surface area is 200 Å². The molecule has 0 bridgehead atoms. The third-order valence-corrected chi connectivity index (χ3v) is 6.27. The SMILES string of the molecule is Cc1cc([C@@H](C)Nc2ccc(Cl)nc2C#N)c2oc(-c3cnn(C4COC4)c3)c(C)c(=O)c2c1. The lowest BCUT2D eigenvalue weighted by Crippen LogP contribution is -2.30. The molecule has 3 aromatic heterocycles. The summed E-state index contributed by atoms with van der Waals surface area (Å²) in [5.41, 5.74) is 4.16. The summed E-state index contributed by atoms with van der Waals surface area (Å²) >= 11 is 5.94. The molecule has 4 heterocycles. The van der Waals surface area contributed by atoms with Crippen molar-refractivity contribution >= 4 is 28.3 Å². The highest BCUT2D eigenvalue weighted by Crippen LogP contribution is 2.33. The average Bonchev–Trinajstić information content (AvgIpc) is 3.25. The van der Waals surface area contributed by atoms with Crippen LogP contribution in [0.3, 0.4) is 0 Å². The molecule has 1 aromatic carbocycles. The number of halogens is 1. The molecule has 0 radical (unpaired) electrons. The highest BCUT2D eigenvalue weighted by molar-refractivity contribution is 6.29. The van der Waals surface area contributed by atoms with Gasteiger partial charge in [0, 0.05) is 17.3 Å². The molecule has 1 N–H and O–H groups in total. The van der Waals surface area contributed by atoms with Crippen molar-refractivity contribution in [1.82, 2.24) is 14.8 Å². The van der Waals surface area contributed by atoms with E-state index in [9.17, 15) is 10.1 Å². The van der Waals surface area contributed by atoms with Crippen LogP contribution in [0.4, 0.5) is 5.69 Å². The maximum absolute atomic E-state index is 13.4. The van der Waals surface area contributed by atoms with Crippen LogP contribution in [0.15, 0.2) is 45.9 Å². The molecule has 5 rings (SSSR count). The van der Waals surface area contributed by atoms with Gasteiger partial charge in [0.25, 0.3) is 0 Å². The number of nitrogens with one attached hydrogen (secondary N) is 1. The van der Waals surface area contributed by atoms with E-state index in [1.54, 1.807) is 25.3 Å². The van der Waals surface area contributed by atoms with Gasteiger partial charge in [-0.15, -0.1) is 0 Å². The van der Waals surface area contributed by atoms with Gasteiger partial charge in [0.05, 0.1) is 48.1 Å². The molecular formula is C25H22ClN5O3. The first-order chi connectivity index (χ1) is 16.4. The highest BCUT2D eigenvalue weighted by Gasteiger charge is 2.24. The Kier molecular flexibility index (Phi) is 5.60. The second-order valence-electron chi connectivity index (χ2n) is 8.52. The van der Waals surface area contributed by atoms with Gasteiger partial charge in [0.1, 0.15) is 22.6 Å². The summed E-state index contributed by atoms with van der Waals surface area (Å²) in [7, 11) is 0. The van der Waals surface area contributed by atoms with E-state index in [-0.39, 0.29) is 28.4 Å². The standard InChI is InChI=1S/C25H22ClN5O3/c1-13-6-18(15(3)29-20-4-5-22(26)30-21(20)8-27)25-19(7-13)23(32)14(2)24(34-25)16-9-28-31(10-16)17-11-33-12-17/h4-7,9-10,15,17,29H,11-12H2,1-3H3/t15-/m1/s1. The molecule has 172 valence electrons. The molecule has 0 aliphatic carbocycles.